The Balaban J connectivity index is 1.25. The molecule has 236 valence electrons. The number of aliphatic hydroxyl groups is 1. The lowest BCUT2D eigenvalue weighted by Gasteiger charge is -2.73. The molecule has 6 fully saturated rings. The maximum Gasteiger partial charge on any atom is 0.0594 e. The minimum atomic E-state index is -2.33. The lowest BCUT2D eigenvalue weighted by molar-refractivity contribution is -0.243. The first kappa shape index (κ1) is 30.9. The van der Waals surface area contributed by atoms with Crippen LogP contribution in [0.3, 0.4) is 0 Å². The van der Waals surface area contributed by atoms with E-state index in [0.717, 1.165) is 44.4 Å². The molecule has 0 amide bonds. The second-order valence-electron chi connectivity index (χ2n) is 17.2. The predicted octanol–water partition coefficient (Wildman–Crippen LogP) is 7.41. The molecule has 1 heterocycles. The summed E-state index contributed by atoms with van der Waals surface area (Å²) in [6, 6.07) is 0. The van der Waals surface area contributed by atoms with Gasteiger partial charge in [-0.1, -0.05) is 46.8 Å². The molecule has 0 spiro atoms. The van der Waals surface area contributed by atoms with Crippen molar-refractivity contribution in [1.29, 1.82) is 0 Å². The van der Waals surface area contributed by atoms with Crippen LogP contribution in [0.4, 0.5) is 0 Å². The smallest absolute Gasteiger partial charge is 0.0594 e. The largest absolute Gasteiger partial charge is 0.393 e. The molecule has 5 nitrogen and oxygen atoms in total. The third kappa shape index (κ3) is 4.57. The third-order valence-corrected chi connectivity index (χ3v) is 17.1. The molecular formula is C35H62N2O3S. The summed E-state index contributed by atoms with van der Waals surface area (Å²) in [4.78, 5) is 2.43. The van der Waals surface area contributed by atoms with E-state index in [1.807, 2.05) is 0 Å². The molecule has 6 heteroatoms. The van der Waals surface area contributed by atoms with Crippen LogP contribution in [0.5, 0.6) is 0 Å². The van der Waals surface area contributed by atoms with Crippen molar-refractivity contribution in [2.75, 3.05) is 37.7 Å². The van der Waals surface area contributed by atoms with Gasteiger partial charge in [0.25, 0.3) is 0 Å². The number of allylic oxidation sites excluding steroid dienone is 1. The minimum Gasteiger partial charge on any atom is -0.393 e. The molecule has 1 saturated heterocycles. The van der Waals surface area contributed by atoms with Crippen LogP contribution in [-0.2, 0) is 0 Å². The van der Waals surface area contributed by atoms with Crippen LogP contribution in [0.2, 0.25) is 0 Å². The highest BCUT2D eigenvalue weighted by molar-refractivity contribution is 8.24. The number of nitrogens with one attached hydrogen (secondary N) is 1. The van der Waals surface area contributed by atoms with Crippen molar-refractivity contribution in [3.05, 3.63) is 12.2 Å². The second kappa shape index (κ2) is 10.2. The Hall–Kier alpha value is -0.110. The van der Waals surface area contributed by atoms with Gasteiger partial charge in [-0.25, -0.2) is 0 Å². The maximum atomic E-state index is 11.0. The third-order valence-electron chi connectivity index (χ3n) is 15.4. The van der Waals surface area contributed by atoms with Gasteiger partial charge in [-0.05, 0) is 122 Å². The molecule has 5 aliphatic carbocycles. The molecule has 0 aromatic carbocycles. The van der Waals surface area contributed by atoms with Crippen LogP contribution in [0.1, 0.15) is 106 Å². The SMILES string of the molecule is C=C(C)[C@@H]1CC[C@]2(NCCN3CCS(O)(O)CC3)CC[C@]3(C)[C@H](CC[C@@H]4[C@@]5(C)CC[C@H](O)C(C)(C)[C@@H]5CC[C@]43C)[C@@H]12. The Bertz CT molecular complexity index is 1020. The van der Waals surface area contributed by atoms with E-state index in [4.69, 9.17) is 0 Å². The van der Waals surface area contributed by atoms with Crippen LogP contribution in [0.25, 0.3) is 0 Å². The van der Waals surface area contributed by atoms with E-state index in [1.165, 1.54) is 63.4 Å². The van der Waals surface area contributed by atoms with Crippen molar-refractivity contribution in [2.45, 2.75) is 117 Å². The summed E-state index contributed by atoms with van der Waals surface area (Å²) >= 11 is 0. The van der Waals surface area contributed by atoms with Crippen LogP contribution in [0, 0.1) is 51.2 Å². The van der Waals surface area contributed by atoms with Gasteiger partial charge in [-0.15, -0.1) is 0 Å². The van der Waals surface area contributed by atoms with Crippen molar-refractivity contribution < 1.29 is 14.2 Å². The van der Waals surface area contributed by atoms with Gasteiger partial charge in [-0.3, -0.25) is 14.0 Å². The second-order valence-corrected chi connectivity index (χ2v) is 19.6. The summed E-state index contributed by atoms with van der Waals surface area (Å²) in [5.74, 6) is 4.46. The lowest BCUT2D eigenvalue weighted by atomic mass is 9.32. The van der Waals surface area contributed by atoms with Crippen molar-refractivity contribution in [3.63, 3.8) is 0 Å². The Kier molecular flexibility index (Phi) is 7.69. The fourth-order valence-electron chi connectivity index (χ4n) is 12.9. The number of fused-ring (bicyclic) bond motifs is 7. The Morgan fingerprint density at radius 2 is 1.56 bits per heavy atom. The highest BCUT2D eigenvalue weighted by Crippen LogP contribution is 2.76. The zero-order valence-electron chi connectivity index (χ0n) is 27.2. The fraction of sp³-hybridized carbons (Fsp3) is 0.943. The maximum absolute atomic E-state index is 11.0. The van der Waals surface area contributed by atoms with Crippen LogP contribution >= 0.6 is 10.6 Å². The van der Waals surface area contributed by atoms with Gasteiger partial charge in [0.05, 0.1) is 17.6 Å². The Labute approximate surface area is 253 Å². The molecule has 0 radical (unpaired) electrons. The predicted molar refractivity (Wildman–Crippen MR) is 172 cm³/mol. The molecule has 41 heavy (non-hydrogen) atoms. The van der Waals surface area contributed by atoms with E-state index >= 15 is 0 Å². The van der Waals surface area contributed by atoms with Gasteiger partial charge in [0.1, 0.15) is 0 Å². The van der Waals surface area contributed by atoms with Gasteiger partial charge in [-0.2, -0.15) is 10.6 Å². The van der Waals surface area contributed by atoms with Gasteiger partial charge in [0.2, 0.25) is 0 Å². The quantitative estimate of drug-likeness (QED) is 0.251. The zero-order valence-corrected chi connectivity index (χ0v) is 28.0. The van der Waals surface area contributed by atoms with Crippen LogP contribution in [-0.4, -0.2) is 68.4 Å². The molecular weight excluding hydrogens is 528 g/mol. The van der Waals surface area contributed by atoms with E-state index in [1.54, 1.807) is 0 Å². The van der Waals surface area contributed by atoms with Crippen LogP contribution in [0.15, 0.2) is 12.2 Å². The molecule has 0 bridgehead atoms. The van der Waals surface area contributed by atoms with Crippen LogP contribution < -0.4 is 5.32 Å². The molecule has 4 N–H and O–H groups in total. The van der Waals surface area contributed by atoms with Gasteiger partial charge in [0.15, 0.2) is 0 Å². The van der Waals surface area contributed by atoms with Crippen molar-refractivity contribution in [3.8, 4) is 0 Å². The highest BCUT2D eigenvalue weighted by Gasteiger charge is 2.70. The minimum absolute atomic E-state index is 0.0136. The van der Waals surface area contributed by atoms with Crippen molar-refractivity contribution in [2.24, 2.45) is 51.2 Å². The average molecular weight is 591 g/mol. The molecule has 1 aliphatic heterocycles. The van der Waals surface area contributed by atoms with Crippen molar-refractivity contribution >= 4 is 10.6 Å². The normalized spacial score (nSPS) is 51.5. The number of aliphatic hydroxyl groups excluding tert-OH is 1. The zero-order chi connectivity index (χ0) is 29.6. The summed E-state index contributed by atoms with van der Waals surface area (Å²) < 4.78 is 20.1. The number of hydrogen-bond acceptors (Lipinski definition) is 5. The van der Waals surface area contributed by atoms with E-state index in [9.17, 15) is 14.2 Å². The first-order valence-corrected chi connectivity index (χ1v) is 19.0. The number of hydrogen-bond donors (Lipinski definition) is 4. The summed E-state index contributed by atoms with van der Waals surface area (Å²) in [7, 11) is -2.33. The fourth-order valence-corrected chi connectivity index (χ4v) is 14.2. The topological polar surface area (TPSA) is 76.0 Å². The molecule has 0 aromatic heterocycles. The van der Waals surface area contributed by atoms with Gasteiger partial charge >= 0.3 is 0 Å². The van der Waals surface area contributed by atoms with E-state index in [-0.39, 0.29) is 17.1 Å². The Morgan fingerprint density at radius 1 is 0.854 bits per heavy atom. The van der Waals surface area contributed by atoms with Gasteiger partial charge in [0, 0.05) is 31.7 Å². The standard InChI is InChI=1S/C35H62N2O3S/c1-24(2)25-10-15-35(36-18-19-37-20-22-41(39,40)23-21-37)17-16-33(6)26(30(25)35)8-9-28-32(5)13-12-29(38)31(3,4)27(32)11-14-34(28,33)7/h25-30,36,38-40H,1,8-23H2,2-7H3/t25-,26+,27-,28+,29-,30+,32-,33+,34+,35-/m0/s1. The van der Waals surface area contributed by atoms with E-state index in [2.05, 4.69) is 58.3 Å². The molecule has 6 aliphatic rings. The summed E-state index contributed by atoms with van der Waals surface area (Å²) in [5.41, 5.74) is 2.66. The first-order valence-electron chi connectivity index (χ1n) is 17.1. The van der Waals surface area contributed by atoms with E-state index in [0.29, 0.717) is 45.5 Å². The summed E-state index contributed by atoms with van der Waals surface area (Å²) in [6.07, 6.45) is 12.5. The monoisotopic (exact) mass is 590 g/mol. The lowest BCUT2D eigenvalue weighted by Crippen LogP contribution is -2.69. The summed E-state index contributed by atoms with van der Waals surface area (Å²) in [6.45, 7) is 23.3. The number of nitrogens with zero attached hydrogens (tertiary/aromatic N) is 1. The molecule has 5 saturated carbocycles. The highest BCUT2D eigenvalue weighted by atomic mass is 32.3. The summed E-state index contributed by atoms with van der Waals surface area (Å²) in [5, 5.41) is 15.3. The average Bonchev–Trinajstić information content (AvgIpc) is 3.28. The Morgan fingerprint density at radius 3 is 2.24 bits per heavy atom. The molecule has 10 atom stereocenters. The first-order chi connectivity index (χ1) is 19.1. The number of rotatable bonds is 5. The molecule has 0 unspecified atom stereocenters. The van der Waals surface area contributed by atoms with Crippen molar-refractivity contribution in [1.82, 2.24) is 10.2 Å². The molecule has 0 aromatic rings. The van der Waals surface area contributed by atoms with E-state index < -0.39 is 10.6 Å². The molecule has 6 rings (SSSR count). The van der Waals surface area contributed by atoms with Gasteiger partial charge < -0.3 is 10.4 Å².